The number of allylic oxidation sites excluding steroid dienone is 1. The van der Waals surface area contributed by atoms with Gasteiger partial charge in [-0.3, -0.25) is 0 Å². The number of aliphatic hydroxyl groups excluding tert-OH is 14. The van der Waals surface area contributed by atoms with Gasteiger partial charge in [0, 0.05) is 10.8 Å². The second-order valence-electron chi connectivity index (χ2n) is 25.9. The SMILES string of the molecule is C[C@H](CC[C@@H](O[C@@H]1O[C@H](CO[C@@H]2O[C@H](CO)[C@@H](O)[C@H](O)[C@H]2O)[C@@H](O)[C@H](O)[C@H]1O[C@@H]1O[C@@H](C)[C@H](O)[C@@H](O)[C@H]1O)C(C)(C)O)[C@H]1CC[C@@]2(C)[C@@H]3CC=C4[C@@H](CC[C@H](O[C@@H]5O[C@H](CO)[C@@H](O)[C@H](O)[C@H]5O)C4(C)C)[C@]3(C)[C@H](O)C[C@]12C. The van der Waals surface area contributed by atoms with Crippen LogP contribution >= 0.6 is 0 Å². The van der Waals surface area contributed by atoms with E-state index in [1.807, 2.05) is 0 Å². The summed E-state index contributed by atoms with van der Waals surface area (Å²) in [4.78, 5) is 0. The third-order valence-electron chi connectivity index (χ3n) is 20.7. The lowest BCUT2D eigenvalue weighted by Gasteiger charge is -2.67. The Morgan fingerprint density at radius 2 is 1.17 bits per heavy atom. The van der Waals surface area contributed by atoms with E-state index in [1.54, 1.807) is 13.8 Å². The maximum atomic E-state index is 12.7. The second-order valence-corrected chi connectivity index (χ2v) is 25.9. The van der Waals surface area contributed by atoms with Crippen molar-refractivity contribution in [3.05, 3.63) is 11.6 Å². The van der Waals surface area contributed by atoms with Gasteiger partial charge in [-0.2, -0.15) is 0 Å². The molecule has 0 aromatic rings. The van der Waals surface area contributed by atoms with Crippen molar-refractivity contribution in [3.8, 4) is 0 Å². The van der Waals surface area contributed by atoms with Crippen LogP contribution in [-0.4, -0.2) is 243 Å². The van der Waals surface area contributed by atoms with Gasteiger partial charge in [0.1, 0.15) is 91.6 Å². The van der Waals surface area contributed by atoms with E-state index in [1.165, 1.54) is 12.5 Å². The van der Waals surface area contributed by atoms with Crippen LogP contribution in [0.15, 0.2) is 11.6 Å². The van der Waals surface area contributed by atoms with Crippen LogP contribution in [0.4, 0.5) is 0 Å². The normalized spacial score (nSPS) is 51.9. The molecule has 0 spiro atoms. The molecule has 23 nitrogen and oxygen atoms in total. The highest BCUT2D eigenvalue weighted by molar-refractivity contribution is 5.32. The van der Waals surface area contributed by atoms with Crippen molar-refractivity contribution in [2.24, 2.45) is 45.3 Å². The Labute approximate surface area is 450 Å². The Morgan fingerprint density at radius 3 is 1.77 bits per heavy atom. The van der Waals surface area contributed by atoms with Crippen LogP contribution in [0.3, 0.4) is 0 Å². The summed E-state index contributed by atoms with van der Waals surface area (Å²) < 4.78 is 48.0. The number of rotatable bonds is 16. The molecule has 0 unspecified atom stereocenters. The summed E-state index contributed by atoms with van der Waals surface area (Å²) in [7, 11) is 0. The lowest BCUT2D eigenvalue weighted by molar-refractivity contribution is -0.378. The van der Waals surface area contributed by atoms with Gasteiger partial charge in [-0.25, -0.2) is 0 Å². The van der Waals surface area contributed by atoms with Gasteiger partial charge in [0.05, 0.1) is 49.8 Å². The van der Waals surface area contributed by atoms with Crippen molar-refractivity contribution in [2.45, 2.75) is 260 Å². The van der Waals surface area contributed by atoms with Gasteiger partial charge in [-0.15, -0.1) is 0 Å². The molecule has 4 aliphatic heterocycles. The molecule has 446 valence electrons. The van der Waals surface area contributed by atoms with Gasteiger partial charge >= 0.3 is 0 Å². The average Bonchev–Trinajstić information content (AvgIpc) is 3.64. The molecule has 0 bridgehead atoms. The van der Waals surface area contributed by atoms with Gasteiger partial charge in [0.15, 0.2) is 25.2 Å². The molecular weight excluding hydrogens is 1020 g/mol. The van der Waals surface area contributed by atoms with E-state index in [9.17, 15) is 76.6 Å². The van der Waals surface area contributed by atoms with Gasteiger partial charge in [0.2, 0.25) is 0 Å². The summed E-state index contributed by atoms with van der Waals surface area (Å²) in [5.74, 6) is 0.293. The molecule has 3 saturated carbocycles. The smallest absolute Gasteiger partial charge is 0.187 e. The topological polar surface area (TPSA) is 377 Å². The molecule has 8 aliphatic rings. The van der Waals surface area contributed by atoms with Crippen molar-refractivity contribution in [1.82, 2.24) is 0 Å². The Kier molecular flexibility index (Phi) is 18.6. The summed E-state index contributed by atoms with van der Waals surface area (Å²) in [6.07, 6.45) is -25.9. The fourth-order valence-corrected chi connectivity index (χ4v) is 15.6. The van der Waals surface area contributed by atoms with Crippen molar-refractivity contribution in [1.29, 1.82) is 0 Å². The lowest BCUT2D eigenvalue weighted by Crippen LogP contribution is -2.65. The van der Waals surface area contributed by atoms with Gasteiger partial charge in [0.25, 0.3) is 0 Å². The highest BCUT2D eigenvalue weighted by Crippen LogP contribution is 2.75. The Morgan fingerprint density at radius 1 is 0.623 bits per heavy atom. The first-order valence-electron chi connectivity index (χ1n) is 27.9. The Balaban J connectivity index is 0.982. The maximum Gasteiger partial charge on any atom is 0.187 e. The second kappa shape index (κ2) is 23.1. The molecule has 23 heteroatoms. The third kappa shape index (κ3) is 10.9. The number of aliphatic hydroxyl groups is 15. The largest absolute Gasteiger partial charge is 0.394 e. The molecule has 0 amide bonds. The van der Waals surface area contributed by atoms with Crippen molar-refractivity contribution < 1.29 is 114 Å². The molecule has 8 rings (SSSR count). The number of ether oxygens (including phenoxy) is 8. The van der Waals surface area contributed by atoms with Gasteiger partial charge < -0.3 is 114 Å². The van der Waals surface area contributed by atoms with Crippen LogP contribution in [0.1, 0.15) is 114 Å². The van der Waals surface area contributed by atoms with Crippen LogP contribution in [0.2, 0.25) is 0 Å². The number of fused-ring (bicyclic) bond motifs is 5. The molecule has 0 aromatic heterocycles. The standard InChI is InChI=1S/C54H92O23/c1-22(24-16-17-52(7)30-13-11-25-26(54(30,9)31(57)18-53(24,52)8)12-15-32(50(25,3)4)75-48-44(68)40(64)36(60)28(20-56)73-48)10-14-33(51(5,6)69)76-49-45(77-47-43(67)38(62)34(58)23(2)71-47)41(65)37(61)29(74-49)21-70-46-42(66)39(63)35(59)27(19-55)72-46/h11,22-24,26-49,55-69H,10,12-21H2,1-9H3/t22-,23+,24-,26-,27-,28-,29-,30+,31-,32+,33-,34+,35-,36-,37-,38-,39+,40+,41+,42-,43-,44-,45-,46-,47+,48+,49+,52+,53-,54+/m1/s1. The van der Waals surface area contributed by atoms with E-state index in [-0.39, 0.29) is 40.9 Å². The summed E-state index contributed by atoms with van der Waals surface area (Å²) in [6.45, 7) is 15.9. The molecular formula is C54H92O23. The van der Waals surface area contributed by atoms with E-state index < -0.39 is 177 Å². The Hall–Kier alpha value is -1.18. The number of hydrogen-bond acceptors (Lipinski definition) is 23. The van der Waals surface area contributed by atoms with Crippen molar-refractivity contribution in [3.63, 3.8) is 0 Å². The molecule has 0 radical (unpaired) electrons. The van der Waals surface area contributed by atoms with Gasteiger partial charge in [-0.05, 0) is 107 Å². The Bertz CT molecular complexity index is 2010. The van der Waals surface area contributed by atoms with E-state index in [4.69, 9.17) is 37.9 Å². The first-order chi connectivity index (χ1) is 35.9. The third-order valence-corrected chi connectivity index (χ3v) is 20.7. The fourth-order valence-electron chi connectivity index (χ4n) is 15.6. The maximum absolute atomic E-state index is 12.7. The van der Waals surface area contributed by atoms with E-state index >= 15 is 0 Å². The van der Waals surface area contributed by atoms with Crippen LogP contribution < -0.4 is 0 Å². The summed E-state index contributed by atoms with van der Waals surface area (Å²) in [6, 6.07) is 0. The molecule has 4 saturated heterocycles. The minimum atomic E-state index is -1.87. The van der Waals surface area contributed by atoms with E-state index in [2.05, 4.69) is 47.6 Å². The minimum Gasteiger partial charge on any atom is -0.394 e. The quantitative estimate of drug-likeness (QED) is 0.0729. The minimum absolute atomic E-state index is 0.0183. The van der Waals surface area contributed by atoms with Gasteiger partial charge in [-0.1, -0.05) is 53.2 Å². The van der Waals surface area contributed by atoms with Crippen molar-refractivity contribution >= 4 is 0 Å². The molecule has 77 heavy (non-hydrogen) atoms. The zero-order chi connectivity index (χ0) is 56.8. The summed E-state index contributed by atoms with van der Waals surface area (Å²) in [5.41, 5.74) is -1.97. The zero-order valence-corrected chi connectivity index (χ0v) is 45.9. The molecule has 4 aliphatic carbocycles. The summed E-state index contributed by atoms with van der Waals surface area (Å²) in [5, 5.41) is 162. The van der Waals surface area contributed by atoms with Crippen molar-refractivity contribution in [2.75, 3.05) is 19.8 Å². The fraction of sp³-hybridized carbons (Fsp3) is 0.963. The van der Waals surface area contributed by atoms with E-state index in [0.29, 0.717) is 25.7 Å². The molecule has 30 atom stereocenters. The molecule has 0 aromatic carbocycles. The molecule has 4 heterocycles. The zero-order valence-electron chi connectivity index (χ0n) is 45.9. The monoisotopic (exact) mass is 1110 g/mol. The number of hydrogen-bond donors (Lipinski definition) is 15. The summed E-state index contributed by atoms with van der Waals surface area (Å²) >= 11 is 0. The molecule has 15 N–H and O–H groups in total. The van der Waals surface area contributed by atoms with Crippen LogP contribution in [0.5, 0.6) is 0 Å². The first kappa shape index (κ1) is 61.9. The molecule has 7 fully saturated rings. The van der Waals surface area contributed by atoms with Crippen LogP contribution in [-0.2, 0) is 37.9 Å². The predicted octanol–water partition coefficient (Wildman–Crippen LogP) is -2.20. The average molecular weight is 1110 g/mol. The van der Waals surface area contributed by atoms with Crippen LogP contribution in [0, 0.1) is 45.3 Å². The lowest BCUT2D eigenvalue weighted by atomic mass is 9.38. The highest BCUT2D eigenvalue weighted by atomic mass is 16.8. The highest BCUT2D eigenvalue weighted by Gasteiger charge is 2.70. The van der Waals surface area contributed by atoms with Crippen LogP contribution in [0.25, 0.3) is 0 Å². The van der Waals surface area contributed by atoms with E-state index in [0.717, 1.165) is 19.3 Å². The predicted molar refractivity (Wildman–Crippen MR) is 266 cm³/mol. The first-order valence-corrected chi connectivity index (χ1v) is 27.9.